The van der Waals surface area contributed by atoms with Crippen molar-refractivity contribution in [3.05, 3.63) is 22.7 Å². The van der Waals surface area contributed by atoms with E-state index in [-0.39, 0.29) is 18.4 Å². The molecule has 2 aliphatic rings. The van der Waals surface area contributed by atoms with E-state index in [0.717, 1.165) is 21.6 Å². The Kier molecular flexibility index (Phi) is 3.25. The third-order valence-corrected chi connectivity index (χ3v) is 3.43. The van der Waals surface area contributed by atoms with Crippen LogP contribution in [0.25, 0.3) is 0 Å². The van der Waals surface area contributed by atoms with E-state index >= 15 is 0 Å². The summed E-state index contributed by atoms with van der Waals surface area (Å²) in [6, 6.07) is 5.49. The van der Waals surface area contributed by atoms with Gasteiger partial charge in [0, 0.05) is 16.9 Å². The zero-order valence-electron chi connectivity index (χ0n) is 10.0. The highest BCUT2D eigenvalue weighted by Gasteiger charge is 2.22. The molecule has 0 spiro atoms. The Bertz CT molecular complexity index is 621. The maximum absolute atomic E-state index is 11.9. The molecule has 0 bridgehead atoms. The summed E-state index contributed by atoms with van der Waals surface area (Å²) in [7, 11) is 0. The average molecular weight is 319 g/mol. The lowest BCUT2D eigenvalue weighted by Gasteiger charge is -2.13. The fraction of sp³-hybridized carbons (Fsp3) is 0.231. The van der Waals surface area contributed by atoms with Gasteiger partial charge in [0.05, 0.1) is 30.1 Å². The molecule has 1 amide bonds. The molecular formula is C13H11BrN4O. The van der Waals surface area contributed by atoms with Crippen molar-refractivity contribution in [3.63, 3.8) is 0 Å². The number of carbonyl (C=O) groups excluding carboxylic acids is 1. The molecule has 6 heteroatoms. The topological polar surface area (TPSA) is 66.2 Å². The number of hydrogen-bond acceptors (Lipinski definition) is 4. The summed E-state index contributed by atoms with van der Waals surface area (Å²) in [6.07, 6.45) is 3.57. The SMILES string of the molecule is O=C1CC(C2CN=CC=N2)=Nc2ccc(Br)cc2N1. The summed E-state index contributed by atoms with van der Waals surface area (Å²) < 4.78 is 0.908. The molecule has 1 aromatic rings. The minimum absolute atomic E-state index is 0.0691. The summed E-state index contributed by atoms with van der Waals surface area (Å²) in [5.74, 6) is -0.0691. The zero-order chi connectivity index (χ0) is 13.2. The van der Waals surface area contributed by atoms with Gasteiger partial charge >= 0.3 is 0 Å². The van der Waals surface area contributed by atoms with Gasteiger partial charge in [0.2, 0.25) is 5.91 Å². The second kappa shape index (κ2) is 5.05. The van der Waals surface area contributed by atoms with Crippen LogP contribution in [0.3, 0.4) is 0 Å². The fourth-order valence-electron chi connectivity index (χ4n) is 2.04. The van der Waals surface area contributed by atoms with Crippen LogP contribution in [0.2, 0.25) is 0 Å². The maximum Gasteiger partial charge on any atom is 0.230 e. The summed E-state index contributed by atoms with van der Waals surface area (Å²) in [6.45, 7) is 0.550. The number of carbonyl (C=O) groups is 1. The molecule has 0 saturated carbocycles. The zero-order valence-corrected chi connectivity index (χ0v) is 11.6. The number of hydrogen-bond donors (Lipinski definition) is 1. The lowest BCUT2D eigenvalue weighted by atomic mass is 10.1. The number of amides is 1. The predicted octanol–water partition coefficient (Wildman–Crippen LogP) is 2.39. The Labute approximate surface area is 118 Å². The average Bonchev–Trinajstić information content (AvgIpc) is 2.57. The largest absolute Gasteiger partial charge is 0.324 e. The van der Waals surface area contributed by atoms with Gasteiger partial charge in [-0.1, -0.05) is 15.9 Å². The first-order valence-electron chi connectivity index (χ1n) is 5.91. The number of fused-ring (bicyclic) bond motifs is 1. The van der Waals surface area contributed by atoms with Crippen molar-refractivity contribution in [3.8, 4) is 0 Å². The van der Waals surface area contributed by atoms with Crippen molar-refractivity contribution in [2.75, 3.05) is 11.9 Å². The predicted molar refractivity (Wildman–Crippen MR) is 80.1 cm³/mol. The van der Waals surface area contributed by atoms with Gasteiger partial charge in [-0.2, -0.15) is 0 Å². The first kappa shape index (κ1) is 12.2. The number of rotatable bonds is 1. The molecule has 1 N–H and O–H groups in total. The van der Waals surface area contributed by atoms with Crippen molar-refractivity contribution < 1.29 is 4.79 Å². The molecule has 2 aliphatic heterocycles. The molecule has 0 aromatic heterocycles. The van der Waals surface area contributed by atoms with Crippen LogP contribution in [-0.4, -0.2) is 36.6 Å². The van der Waals surface area contributed by atoms with Gasteiger partial charge in [-0.05, 0) is 18.2 Å². The smallest absolute Gasteiger partial charge is 0.230 e. The van der Waals surface area contributed by atoms with Gasteiger partial charge in [-0.15, -0.1) is 0 Å². The van der Waals surface area contributed by atoms with Gasteiger partial charge in [0.1, 0.15) is 6.04 Å². The first-order chi connectivity index (χ1) is 9.22. The Morgan fingerprint density at radius 3 is 3.00 bits per heavy atom. The normalized spacial score (nSPS) is 21.4. The molecule has 0 fully saturated rings. The molecule has 0 radical (unpaired) electrons. The Morgan fingerprint density at radius 2 is 2.21 bits per heavy atom. The number of aliphatic imine (C=N–C) groups is 3. The van der Waals surface area contributed by atoms with Crippen molar-refractivity contribution in [1.29, 1.82) is 0 Å². The molecule has 19 heavy (non-hydrogen) atoms. The fourth-order valence-corrected chi connectivity index (χ4v) is 2.40. The Morgan fingerprint density at radius 1 is 1.32 bits per heavy atom. The number of nitrogens with one attached hydrogen (secondary N) is 1. The maximum atomic E-state index is 11.9. The van der Waals surface area contributed by atoms with Crippen LogP contribution < -0.4 is 5.32 Å². The molecule has 96 valence electrons. The Balaban J connectivity index is 2.00. The van der Waals surface area contributed by atoms with Crippen molar-refractivity contribution in [1.82, 2.24) is 0 Å². The molecule has 0 saturated heterocycles. The number of nitrogens with zero attached hydrogens (tertiary/aromatic N) is 3. The second-order valence-corrected chi connectivity index (χ2v) is 5.23. The van der Waals surface area contributed by atoms with Crippen molar-refractivity contribution in [2.45, 2.75) is 12.5 Å². The summed E-state index contributed by atoms with van der Waals surface area (Å²) in [4.78, 5) is 25.0. The van der Waals surface area contributed by atoms with Crippen LogP contribution in [0, 0.1) is 0 Å². The number of benzene rings is 1. The molecule has 1 unspecified atom stereocenters. The van der Waals surface area contributed by atoms with Gasteiger partial charge in [0.25, 0.3) is 0 Å². The highest BCUT2D eigenvalue weighted by molar-refractivity contribution is 9.10. The summed E-state index contributed by atoms with van der Waals surface area (Å²) >= 11 is 3.39. The molecule has 5 nitrogen and oxygen atoms in total. The van der Waals surface area contributed by atoms with Crippen molar-refractivity contribution >= 4 is 51.4 Å². The third kappa shape index (κ3) is 2.63. The monoisotopic (exact) mass is 318 g/mol. The molecule has 0 aliphatic carbocycles. The summed E-state index contributed by atoms with van der Waals surface area (Å²) in [5, 5.41) is 2.86. The van der Waals surface area contributed by atoms with Crippen LogP contribution in [0.5, 0.6) is 0 Å². The van der Waals surface area contributed by atoms with Gasteiger partial charge in [-0.25, -0.2) is 0 Å². The highest BCUT2D eigenvalue weighted by atomic mass is 79.9. The van der Waals surface area contributed by atoms with E-state index in [1.807, 2.05) is 18.2 Å². The third-order valence-electron chi connectivity index (χ3n) is 2.94. The van der Waals surface area contributed by atoms with E-state index in [1.54, 1.807) is 12.4 Å². The van der Waals surface area contributed by atoms with Gasteiger partial charge in [0.15, 0.2) is 0 Å². The molecule has 3 rings (SSSR count). The van der Waals surface area contributed by atoms with E-state index in [2.05, 4.69) is 36.2 Å². The molecular weight excluding hydrogens is 308 g/mol. The van der Waals surface area contributed by atoms with Crippen LogP contribution in [-0.2, 0) is 4.79 Å². The first-order valence-corrected chi connectivity index (χ1v) is 6.70. The van der Waals surface area contributed by atoms with E-state index in [4.69, 9.17) is 0 Å². The molecule has 1 atom stereocenters. The lowest BCUT2D eigenvalue weighted by molar-refractivity contribution is -0.115. The minimum Gasteiger partial charge on any atom is -0.324 e. The summed E-state index contributed by atoms with van der Waals surface area (Å²) in [5.41, 5.74) is 2.23. The van der Waals surface area contributed by atoms with Crippen LogP contribution >= 0.6 is 15.9 Å². The second-order valence-electron chi connectivity index (χ2n) is 4.32. The standard InChI is InChI=1S/C13H11BrN4O/c14-8-1-2-9-10(5-8)18-13(19)6-11(17-9)12-7-15-3-4-16-12/h1-5,12H,6-7H2,(H,18,19). The van der Waals surface area contributed by atoms with E-state index in [0.29, 0.717) is 6.54 Å². The molecule has 2 heterocycles. The van der Waals surface area contributed by atoms with E-state index < -0.39 is 0 Å². The lowest BCUT2D eigenvalue weighted by Crippen LogP contribution is -2.27. The quantitative estimate of drug-likeness (QED) is 0.848. The highest BCUT2D eigenvalue weighted by Crippen LogP contribution is 2.31. The Hall–Kier alpha value is -1.82. The minimum atomic E-state index is -0.134. The molecule has 1 aromatic carbocycles. The van der Waals surface area contributed by atoms with Gasteiger partial charge < -0.3 is 5.32 Å². The van der Waals surface area contributed by atoms with E-state index in [9.17, 15) is 4.79 Å². The van der Waals surface area contributed by atoms with Crippen LogP contribution in [0.1, 0.15) is 6.42 Å². The van der Waals surface area contributed by atoms with Crippen molar-refractivity contribution in [2.24, 2.45) is 15.0 Å². The van der Waals surface area contributed by atoms with Crippen LogP contribution in [0.15, 0.2) is 37.6 Å². The number of anilines is 1. The van der Waals surface area contributed by atoms with Gasteiger partial charge in [-0.3, -0.25) is 19.8 Å². The number of halogens is 1. The van der Waals surface area contributed by atoms with Crippen LogP contribution in [0.4, 0.5) is 11.4 Å². The van der Waals surface area contributed by atoms with E-state index in [1.165, 1.54) is 0 Å².